The van der Waals surface area contributed by atoms with E-state index in [0.717, 1.165) is 27.2 Å². The highest BCUT2D eigenvalue weighted by Crippen LogP contribution is 2.25. The zero-order valence-electron chi connectivity index (χ0n) is 10.5. The van der Waals surface area contributed by atoms with Gasteiger partial charge >= 0.3 is 0 Å². The maximum atomic E-state index is 6.02. The van der Waals surface area contributed by atoms with Crippen molar-refractivity contribution in [1.29, 1.82) is 0 Å². The molecule has 19 heavy (non-hydrogen) atoms. The van der Waals surface area contributed by atoms with E-state index >= 15 is 0 Å². The number of fused-ring (bicyclic) bond motifs is 1. The number of halogens is 1. The first kappa shape index (κ1) is 12.1. The Hall–Kier alpha value is -2.00. The van der Waals surface area contributed by atoms with E-state index in [1.807, 2.05) is 37.4 Å². The average molecular weight is 273 g/mol. The van der Waals surface area contributed by atoms with Gasteiger partial charge in [0.2, 0.25) is 0 Å². The number of benzene rings is 1. The number of ether oxygens (including phenoxy) is 1. The van der Waals surface area contributed by atoms with Gasteiger partial charge in [0.05, 0.1) is 6.20 Å². The lowest BCUT2D eigenvalue weighted by molar-refractivity contribution is 0.306. The summed E-state index contributed by atoms with van der Waals surface area (Å²) in [7, 11) is 2.01. The van der Waals surface area contributed by atoms with E-state index in [1.54, 1.807) is 12.4 Å². The Balaban J connectivity index is 1.89. The molecule has 0 saturated carbocycles. The van der Waals surface area contributed by atoms with Crippen LogP contribution in [-0.4, -0.2) is 9.55 Å². The topological polar surface area (TPSA) is 27.1 Å². The van der Waals surface area contributed by atoms with Gasteiger partial charge in [-0.2, -0.15) is 0 Å². The largest absolute Gasteiger partial charge is 0.487 e. The lowest BCUT2D eigenvalue weighted by Crippen LogP contribution is -1.94. The molecule has 0 fully saturated rings. The number of hydrogen-bond acceptors (Lipinski definition) is 2. The first-order chi connectivity index (χ1) is 9.24. The number of pyridine rings is 1. The lowest BCUT2D eigenvalue weighted by atomic mass is 10.2. The van der Waals surface area contributed by atoms with Crippen molar-refractivity contribution in [1.82, 2.24) is 9.55 Å². The Kier molecular flexibility index (Phi) is 3.13. The SMILES string of the molecule is Cn1cc(COc2cccnc2)c2ccc(Cl)cc21. The molecular formula is C15H13ClN2O. The molecule has 2 aromatic heterocycles. The minimum absolute atomic E-state index is 0.519. The van der Waals surface area contributed by atoms with E-state index in [1.165, 1.54) is 0 Å². The molecule has 0 unspecified atom stereocenters. The Morgan fingerprint density at radius 2 is 2.21 bits per heavy atom. The van der Waals surface area contributed by atoms with Gasteiger partial charge in [-0.05, 0) is 24.3 Å². The van der Waals surface area contributed by atoms with E-state index in [4.69, 9.17) is 16.3 Å². The third kappa shape index (κ3) is 2.42. The van der Waals surface area contributed by atoms with Crippen LogP contribution in [-0.2, 0) is 13.7 Å². The number of rotatable bonds is 3. The molecule has 0 spiro atoms. The molecule has 96 valence electrons. The van der Waals surface area contributed by atoms with E-state index in [-0.39, 0.29) is 0 Å². The van der Waals surface area contributed by atoms with Gasteiger partial charge in [-0.3, -0.25) is 4.98 Å². The maximum Gasteiger partial charge on any atom is 0.138 e. The minimum Gasteiger partial charge on any atom is -0.487 e. The summed E-state index contributed by atoms with van der Waals surface area (Å²) in [6.45, 7) is 0.519. The van der Waals surface area contributed by atoms with E-state index < -0.39 is 0 Å². The second-order valence-electron chi connectivity index (χ2n) is 4.40. The quantitative estimate of drug-likeness (QED) is 0.725. The first-order valence-electron chi connectivity index (χ1n) is 6.00. The van der Waals surface area contributed by atoms with Crippen molar-refractivity contribution in [3.8, 4) is 5.75 Å². The molecule has 0 saturated heterocycles. The number of aryl methyl sites for hydroxylation is 1. The Morgan fingerprint density at radius 1 is 1.32 bits per heavy atom. The van der Waals surface area contributed by atoms with Gasteiger partial charge in [-0.15, -0.1) is 0 Å². The summed E-state index contributed by atoms with van der Waals surface area (Å²) in [4.78, 5) is 4.03. The van der Waals surface area contributed by atoms with Crippen LogP contribution in [0.4, 0.5) is 0 Å². The molecular weight excluding hydrogens is 260 g/mol. The summed E-state index contributed by atoms with van der Waals surface area (Å²) in [6.07, 6.45) is 5.51. The van der Waals surface area contributed by atoms with E-state index in [2.05, 4.69) is 15.7 Å². The zero-order valence-corrected chi connectivity index (χ0v) is 11.3. The zero-order chi connectivity index (χ0) is 13.2. The van der Waals surface area contributed by atoms with Crippen LogP contribution in [0.2, 0.25) is 5.02 Å². The predicted molar refractivity (Wildman–Crippen MR) is 76.5 cm³/mol. The smallest absolute Gasteiger partial charge is 0.138 e. The van der Waals surface area contributed by atoms with Gasteiger partial charge < -0.3 is 9.30 Å². The monoisotopic (exact) mass is 272 g/mol. The fourth-order valence-corrected chi connectivity index (χ4v) is 2.32. The van der Waals surface area contributed by atoms with Crippen LogP contribution in [0.15, 0.2) is 48.9 Å². The fourth-order valence-electron chi connectivity index (χ4n) is 2.15. The summed E-state index contributed by atoms with van der Waals surface area (Å²) in [5.74, 6) is 0.772. The van der Waals surface area contributed by atoms with Crippen molar-refractivity contribution in [2.24, 2.45) is 7.05 Å². The van der Waals surface area contributed by atoms with Gasteiger partial charge in [0.25, 0.3) is 0 Å². The van der Waals surface area contributed by atoms with Gasteiger partial charge in [-0.1, -0.05) is 17.7 Å². The molecule has 0 aliphatic heterocycles. The Morgan fingerprint density at radius 3 is 3.00 bits per heavy atom. The molecule has 3 rings (SSSR count). The Labute approximate surface area is 116 Å². The third-order valence-electron chi connectivity index (χ3n) is 3.06. The molecule has 0 N–H and O–H groups in total. The maximum absolute atomic E-state index is 6.02. The molecule has 1 aromatic carbocycles. The number of nitrogens with zero attached hydrogens (tertiary/aromatic N) is 2. The highest BCUT2D eigenvalue weighted by Gasteiger charge is 2.07. The third-order valence-corrected chi connectivity index (χ3v) is 3.30. The molecule has 4 heteroatoms. The molecule has 0 aliphatic carbocycles. The summed E-state index contributed by atoms with van der Waals surface area (Å²) >= 11 is 6.02. The molecule has 3 aromatic rings. The van der Waals surface area contributed by atoms with Crippen molar-refractivity contribution in [2.75, 3.05) is 0 Å². The van der Waals surface area contributed by atoms with Crippen LogP contribution < -0.4 is 4.74 Å². The van der Waals surface area contributed by atoms with Crippen molar-refractivity contribution in [3.05, 3.63) is 59.5 Å². The predicted octanol–water partition coefficient (Wildman–Crippen LogP) is 3.81. The van der Waals surface area contributed by atoms with E-state index in [0.29, 0.717) is 6.61 Å². The molecule has 0 amide bonds. The normalized spacial score (nSPS) is 10.8. The summed E-state index contributed by atoms with van der Waals surface area (Å²) < 4.78 is 7.79. The summed E-state index contributed by atoms with van der Waals surface area (Å²) in [5, 5.41) is 1.91. The summed E-state index contributed by atoms with van der Waals surface area (Å²) in [5.41, 5.74) is 2.25. The highest BCUT2D eigenvalue weighted by atomic mass is 35.5. The summed E-state index contributed by atoms with van der Waals surface area (Å²) in [6, 6.07) is 9.65. The van der Waals surface area contributed by atoms with Crippen LogP contribution in [0, 0.1) is 0 Å². The van der Waals surface area contributed by atoms with Gasteiger partial charge in [0.1, 0.15) is 12.4 Å². The van der Waals surface area contributed by atoms with Crippen molar-refractivity contribution in [3.63, 3.8) is 0 Å². The second kappa shape index (κ2) is 4.94. The van der Waals surface area contributed by atoms with Gasteiger partial charge in [0, 0.05) is 40.9 Å². The lowest BCUT2D eigenvalue weighted by Gasteiger charge is -2.04. The van der Waals surface area contributed by atoms with Gasteiger partial charge in [0.15, 0.2) is 0 Å². The van der Waals surface area contributed by atoms with Crippen molar-refractivity contribution in [2.45, 2.75) is 6.61 Å². The molecule has 0 radical (unpaired) electrons. The second-order valence-corrected chi connectivity index (χ2v) is 4.84. The van der Waals surface area contributed by atoms with E-state index in [9.17, 15) is 0 Å². The molecule has 2 heterocycles. The first-order valence-corrected chi connectivity index (χ1v) is 6.38. The van der Waals surface area contributed by atoms with Crippen molar-refractivity contribution >= 4 is 22.5 Å². The fraction of sp³-hybridized carbons (Fsp3) is 0.133. The Bertz CT molecular complexity index is 707. The van der Waals surface area contributed by atoms with Crippen LogP contribution in [0.3, 0.4) is 0 Å². The van der Waals surface area contributed by atoms with Gasteiger partial charge in [-0.25, -0.2) is 0 Å². The van der Waals surface area contributed by atoms with Crippen LogP contribution in [0.5, 0.6) is 5.75 Å². The molecule has 0 atom stereocenters. The number of hydrogen-bond donors (Lipinski definition) is 0. The standard InChI is InChI=1S/C15H13ClN2O/c1-18-9-11(10-19-13-3-2-6-17-8-13)14-5-4-12(16)7-15(14)18/h2-9H,10H2,1H3. The average Bonchev–Trinajstić information content (AvgIpc) is 2.74. The molecule has 0 bridgehead atoms. The number of aromatic nitrogens is 2. The van der Waals surface area contributed by atoms with Crippen LogP contribution in [0.1, 0.15) is 5.56 Å². The van der Waals surface area contributed by atoms with Crippen molar-refractivity contribution < 1.29 is 4.74 Å². The van der Waals surface area contributed by atoms with Crippen LogP contribution >= 0.6 is 11.6 Å². The molecule has 3 nitrogen and oxygen atoms in total. The van der Waals surface area contributed by atoms with Crippen LogP contribution in [0.25, 0.3) is 10.9 Å². The molecule has 0 aliphatic rings. The minimum atomic E-state index is 0.519. The highest BCUT2D eigenvalue weighted by molar-refractivity contribution is 6.31.